The van der Waals surface area contributed by atoms with E-state index >= 15 is 0 Å². The van der Waals surface area contributed by atoms with Crippen molar-refractivity contribution in [3.05, 3.63) is 59.2 Å². The molecule has 0 fully saturated rings. The van der Waals surface area contributed by atoms with Crippen LogP contribution >= 0.6 is 0 Å². The van der Waals surface area contributed by atoms with E-state index in [1.165, 1.54) is 0 Å². The third-order valence-corrected chi connectivity index (χ3v) is 3.76. The van der Waals surface area contributed by atoms with Crippen LogP contribution < -0.4 is 14.8 Å². The van der Waals surface area contributed by atoms with Crippen molar-refractivity contribution < 1.29 is 19.4 Å². The Morgan fingerprint density at radius 2 is 1.96 bits per heavy atom. The minimum atomic E-state index is -0.708. The second-order valence-electron chi connectivity index (χ2n) is 5.36. The zero-order valence-electron chi connectivity index (χ0n) is 12.9. The lowest BCUT2D eigenvalue weighted by atomic mass is 10.1. The number of hydrogen-bond donors (Lipinski definition) is 2. The van der Waals surface area contributed by atoms with Crippen LogP contribution in [0.3, 0.4) is 0 Å². The predicted octanol–water partition coefficient (Wildman–Crippen LogP) is 2.14. The topological polar surface area (TPSA) is 91.6 Å². The summed E-state index contributed by atoms with van der Waals surface area (Å²) in [5, 5.41) is 21.7. The van der Waals surface area contributed by atoms with Gasteiger partial charge in [-0.25, -0.2) is 0 Å². The lowest BCUT2D eigenvalue weighted by Crippen LogP contribution is -2.25. The summed E-state index contributed by atoms with van der Waals surface area (Å²) in [6, 6.07) is 13.7. The molecule has 0 bridgehead atoms. The highest BCUT2D eigenvalue weighted by Crippen LogP contribution is 2.34. The summed E-state index contributed by atoms with van der Waals surface area (Å²) >= 11 is 0. The zero-order valence-corrected chi connectivity index (χ0v) is 12.9. The van der Waals surface area contributed by atoms with E-state index < -0.39 is 6.10 Å². The fourth-order valence-electron chi connectivity index (χ4n) is 2.41. The number of rotatable bonds is 5. The Morgan fingerprint density at radius 3 is 2.71 bits per heavy atom. The van der Waals surface area contributed by atoms with Crippen LogP contribution in [0.4, 0.5) is 0 Å². The Bertz CT molecular complexity index is 781. The number of carbonyl (C=O) groups is 1. The van der Waals surface area contributed by atoms with Gasteiger partial charge in [-0.15, -0.1) is 0 Å². The molecular formula is C18H16N2O4. The van der Waals surface area contributed by atoms with Crippen molar-refractivity contribution >= 4 is 5.91 Å². The van der Waals surface area contributed by atoms with Gasteiger partial charge in [-0.3, -0.25) is 4.79 Å². The lowest BCUT2D eigenvalue weighted by Gasteiger charge is -2.12. The Hall–Kier alpha value is -3.04. The molecule has 2 N–H and O–H groups in total. The summed E-state index contributed by atoms with van der Waals surface area (Å²) < 4.78 is 10.5. The van der Waals surface area contributed by atoms with Crippen molar-refractivity contribution in [3.8, 4) is 17.6 Å². The van der Waals surface area contributed by atoms with Crippen LogP contribution in [0.25, 0.3) is 0 Å². The average Bonchev–Trinajstić information content (AvgIpc) is 3.09. The Kier molecular flexibility index (Phi) is 4.64. The van der Waals surface area contributed by atoms with E-state index in [9.17, 15) is 9.90 Å². The van der Waals surface area contributed by atoms with Gasteiger partial charge in [-0.1, -0.05) is 6.07 Å². The molecule has 2 aromatic rings. The number of ether oxygens (including phenoxy) is 2. The van der Waals surface area contributed by atoms with Crippen LogP contribution in [0.5, 0.6) is 11.5 Å². The molecule has 1 aliphatic heterocycles. The smallest absolute Gasteiger partial charge is 0.251 e. The summed E-state index contributed by atoms with van der Waals surface area (Å²) in [4.78, 5) is 12.0. The molecule has 0 spiro atoms. The third-order valence-electron chi connectivity index (χ3n) is 3.76. The number of carbonyl (C=O) groups excluding carboxylic acids is 1. The van der Waals surface area contributed by atoms with Gasteiger partial charge in [0.2, 0.25) is 6.79 Å². The molecule has 0 aliphatic carbocycles. The molecule has 0 radical (unpaired) electrons. The van der Waals surface area contributed by atoms with Crippen molar-refractivity contribution in [2.75, 3.05) is 13.3 Å². The summed E-state index contributed by atoms with van der Waals surface area (Å²) in [6.07, 6.45) is -0.331. The highest BCUT2D eigenvalue weighted by atomic mass is 16.7. The van der Waals surface area contributed by atoms with Crippen LogP contribution in [-0.2, 0) is 0 Å². The molecule has 0 saturated carbocycles. The molecule has 24 heavy (non-hydrogen) atoms. The van der Waals surface area contributed by atoms with Gasteiger partial charge in [0.25, 0.3) is 5.91 Å². The molecule has 0 aromatic heterocycles. The number of fused-ring (bicyclic) bond motifs is 1. The minimum Gasteiger partial charge on any atom is -0.454 e. The molecule has 2 aromatic carbocycles. The standard InChI is InChI=1S/C18H16N2O4/c19-10-12-1-3-13(4-2-12)18(22)20-8-7-15(21)14-5-6-16-17(9-14)24-11-23-16/h1-6,9,15,21H,7-8,11H2,(H,20,22). The largest absolute Gasteiger partial charge is 0.454 e. The van der Waals surface area contributed by atoms with Crippen molar-refractivity contribution in [1.82, 2.24) is 5.32 Å². The first-order valence-corrected chi connectivity index (χ1v) is 7.53. The monoisotopic (exact) mass is 324 g/mol. The second-order valence-corrected chi connectivity index (χ2v) is 5.36. The summed E-state index contributed by atoms with van der Waals surface area (Å²) in [7, 11) is 0. The van der Waals surface area contributed by atoms with E-state index in [1.54, 1.807) is 42.5 Å². The predicted molar refractivity (Wildman–Crippen MR) is 85.6 cm³/mol. The van der Waals surface area contributed by atoms with Crippen molar-refractivity contribution in [2.45, 2.75) is 12.5 Å². The van der Waals surface area contributed by atoms with E-state index in [-0.39, 0.29) is 12.7 Å². The first kappa shape index (κ1) is 15.8. The molecule has 1 unspecified atom stereocenters. The van der Waals surface area contributed by atoms with Crippen LogP contribution in [0.1, 0.15) is 34.0 Å². The van der Waals surface area contributed by atoms with Gasteiger partial charge in [0.1, 0.15) is 0 Å². The number of aliphatic hydroxyl groups excluding tert-OH is 1. The fourth-order valence-corrected chi connectivity index (χ4v) is 2.41. The van der Waals surface area contributed by atoms with Gasteiger partial charge in [0.05, 0.1) is 17.7 Å². The molecule has 1 amide bonds. The van der Waals surface area contributed by atoms with E-state index in [1.807, 2.05) is 6.07 Å². The quantitative estimate of drug-likeness (QED) is 0.879. The maximum absolute atomic E-state index is 12.0. The van der Waals surface area contributed by atoms with Crippen LogP contribution in [0.2, 0.25) is 0 Å². The first-order valence-electron chi connectivity index (χ1n) is 7.53. The van der Waals surface area contributed by atoms with E-state index in [2.05, 4.69) is 5.32 Å². The molecule has 3 rings (SSSR count). The highest BCUT2D eigenvalue weighted by Gasteiger charge is 2.16. The number of benzene rings is 2. The minimum absolute atomic E-state index is 0.190. The molecule has 1 aliphatic rings. The van der Waals surface area contributed by atoms with Gasteiger partial charge in [0, 0.05) is 12.1 Å². The third kappa shape index (κ3) is 3.47. The zero-order chi connectivity index (χ0) is 16.9. The Balaban J connectivity index is 1.52. The summed E-state index contributed by atoms with van der Waals surface area (Å²) in [5.74, 6) is 1.05. The first-order chi connectivity index (χ1) is 11.7. The van der Waals surface area contributed by atoms with Gasteiger partial charge >= 0.3 is 0 Å². The van der Waals surface area contributed by atoms with Crippen molar-refractivity contribution in [2.24, 2.45) is 0 Å². The lowest BCUT2D eigenvalue weighted by molar-refractivity contribution is 0.0942. The van der Waals surface area contributed by atoms with Gasteiger partial charge < -0.3 is 19.9 Å². The maximum atomic E-state index is 12.0. The molecule has 0 saturated heterocycles. The van der Waals surface area contributed by atoms with Gasteiger partial charge in [-0.05, 0) is 48.4 Å². The maximum Gasteiger partial charge on any atom is 0.251 e. The molecular weight excluding hydrogens is 308 g/mol. The van der Waals surface area contributed by atoms with Gasteiger partial charge in [-0.2, -0.15) is 5.26 Å². The molecule has 6 nitrogen and oxygen atoms in total. The normalized spacial score (nSPS) is 13.2. The Morgan fingerprint density at radius 1 is 1.21 bits per heavy atom. The molecule has 1 heterocycles. The number of nitrogens with zero attached hydrogens (tertiary/aromatic N) is 1. The van der Waals surface area contributed by atoms with Gasteiger partial charge in [0.15, 0.2) is 11.5 Å². The number of hydrogen-bond acceptors (Lipinski definition) is 5. The SMILES string of the molecule is N#Cc1ccc(C(=O)NCCC(O)c2ccc3c(c2)OCO3)cc1. The molecule has 1 atom stereocenters. The number of amides is 1. The molecule has 122 valence electrons. The van der Waals surface area contributed by atoms with E-state index in [0.717, 1.165) is 0 Å². The molecule has 6 heteroatoms. The number of nitrogens with one attached hydrogen (secondary N) is 1. The highest BCUT2D eigenvalue weighted by molar-refractivity contribution is 5.94. The van der Waals surface area contributed by atoms with E-state index in [0.29, 0.717) is 41.2 Å². The van der Waals surface area contributed by atoms with Crippen molar-refractivity contribution in [3.63, 3.8) is 0 Å². The fraction of sp³-hybridized carbons (Fsp3) is 0.222. The van der Waals surface area contributed by atoms with Crippen LogP contribution in [-0.4, -0.2) is 24.4 Å². The number of nitriles is 1. The summed E-state index contributed by atoms with van der Waals surface area (Å²) in [5.41, 5.74) is 1.70. The van der Waals surface area contributed by atoms with Crippen LogP contribution in [0, 0.1) is 11.3 Å². The second kappa shape index (κ2) is 7.02. The van der Waals surface area contributed by atoms with Crippen LogP contribution in [0.15, 0.2) is 42.5 Å². The summed E-state index contributed by atoms with van der Waals surface area (Å²) in [6.45, 7) is 0.518. The number of aliphatic hydroxyl groups is 1. The van der Waals surface area contributed by atoms with E-state index in [4.69, 9.17) is 14.7 Å². The Labute approximate surface area is 139 Å². The average molecular weight is 324 g/mol. The van der Waals surface area contributed by atoms with Crippen molar-refractivity contribution in [1.29, 1.82) is 5.26 Å².